The van der Waals surface area contributed by atoms with Crippen LogP contribution in [0.5, 0.6) is 5.75 Å². The largest absolute Gasteiger partial charge is 0.497 e. The van der Waals surface area contributed by atoms with Crippen molar-refractivity contribution in [3.63, 3.8) is 0 Å². The number of carbonyl (C=O) groups excluding carboxylic acids is 2. The maximum absolute atomic E-state index is 11.9. The van der Waals surface area contributed by atoms with E-state index in [0.29, 0.717) is 12.8 Å². The van der Waals surface area contributed by atoms with Gasteiger partial charge in [-0.25, -0.2) is 0 Å². The van der Waals surface area contributed by atoms with Crippen LogP contribution in [0.2, 0.25) is 0 Å². The highest BCUT2D eigenvalue weighted by Gasteiger charge is 2.06. The van der Waals surface area contributed by atoms with Gasteiger partial charge in [0.05, 0.1) is 7.11 Å². The molecule has 116 valence electrons. The molecule has 0 heterocycles. The Morgan fingerprint density at radius 2 is 1.52 bits per heavy atom. The van der Waals surface area contributed by atoms with Gasteiger partial charge in [0.2, 0.25) is 0 Å². The number of rotatable bonds is 10. The van der Waals surface area contributed by atoms with Crippen LogP contribution in [0.1, 0.15) is 55.3 Å². The Morgan fingerprint density at radius 1 is 0.952 bits per heavy atom. The van der Waals surface area contributed by atoms with E-state index >= 15 is 0 Å². The smallest absolute Gasteiger partial charge is 0.324 e. The van der Waals surface area contributed by atoms with Crippen LogP contribution in [-0.4, -0.2) is 18.9 Å². The fourth-order valence-electron chi connectivity index (χ4n) is 2.07. The van der Waals surface area contributed by atoms with Crippen molar-refractivity contribution in [1.29, 1.82) is 0 Å². The minimum atomic E-state index is -0.371. The third-order valence-corrected chi connectivity index (χ3v) is 3.33. The molecule has 21 heavy (non-hydrogen) atoms. The number of methoxy groups -OCH3 is 1. The van der Waals surface area contributed by atoms with Crippen LogP contribution in [0.4, 0.5) is 0 Å². The lowest BCUT2D eigenvalue weighted by atomic mass is 10.0. The maximum atomic E-state index is 11.9. The Balaban J connectivity index is 2.11. The summed E-state index contributed by atoms with van der Waals surface area (Å²) in [4.78, 5) is 26.8. The van der Waals surface area contributed by atoms with E-state index in [0.717, 1.165) is 43.4 Å². The Labute approximate surface area is 125 Å². The molecule has 5 heteroatoms. The van der Waals surface area contributed by atoms with Crippen LogP contribution < -0.4 is 10.6 Å². The molecule has 0 aliphatic heterocycles. The SMILES string of the molecule is COc1ccc(C(=O)CCCCCCCC(=O)ON)cc1. The summed E-state index contributed by atoms with van der Waals surface area (Å²) in [5.74, 6) is 5.28. The fourth-order valence-corrected chi connectivity index (χ4v) is 2.07. The van der Waals surface area contributed by atoms with E-state index in [-0.39, 0.29) is 11.8 Å². The van der Waals surface area contributed by atoms with Gasteiger partial charge >= 0.3 is 5.97 Å². The second-order valence-electron chi connectivity index (χ2n) is 4.91. The molecule has 0 amide bonds. The van der Waals surface area contributed by atoms with Gasteiger partial charge in [-0.3, -0.25) is 9.59 Å². The zero-order valence-electron chi connectivity index (χ0n) is 12.5. The molecule has 1 rings (SSSR count). The summed E-state index contributed by atoms with van der Waals surface area (Å²) < 4.78 is 5.06. The molecule has 0 unspecified atom stereocenters. The van der Waals surface area contributed by atoms with Crippen molar-refractivity contribution >= 4 is 11.8 Å². The quantitative estimate of drug-likeness (QED) is 0.407. The average molecular weight is 293 g/mol. The highest BCUT2D eigenvalue weighted by molar-refractivity contribution is 5.96. The van der Waals surface area contributed by atoms with Gasteiger partial charge in [0.1, 0.15) is 5.75 Å². The molecule has 0 bridgehead atoms. The monoisotopic (exact) mass is 293 g/mol. The first-order valence-corrected chi connectivity index (χ1v) is 7.24. The van der Waals surface area contributed by atoms with Crippen LogP contribution in [0.15, 0.2) is 24.3 Å². The molecule has 0 aliphatic rings. The van der Waals surface area contributed by atoms with Crippen molar-refractivity contribution in [3.8, 4) is 5.75 Å². The molecule has 0 aliphatic carbocycles. The minimum absolute atomic E-state index is 0.157. The van der Waals surface area contributed by atoms with Crippen molar-refractivity contribution in [3.05, 3.63) is 29.8 Å². The third-order valence-electron chi connectivity index (χ3n) is 3.33. The van der Waals surface area contributed by atoms with Gasteiger partial charge in [0.15, 0.2) is 5.78 Å². The molecule has 1 aromatic carbocycles. The van der Waals surface area contributed by atoms with Crippen LogP contribution in [0.3, 0.4) is 0 Å². The number of hydrogen-bond acceptors (Lipinski definition) is 5. The van der Waals surface area contributed by atoms with E-state index in [9.17, 15) is 9.59 Å². The summed E-state index contributed by atoms with van der Waals surface area (Å²) in [6, 6.07) is 7.17. The Bertz CT molecular complexity index is 442. The Morgan fingerprint density at radius 3 is 2.10 bits per heavy atom. The first kappa shape index (κ1) is 17.2. The number of nitrogens with two attached hydrogens (primary N) is 1. The summed E-state index contributed by atoms with van der Waals surface area (Å²) in [7, 11) is 1.60. The first-order valence-electron chi connectivity index (χ1n) is 7.24. The predicted octanol–water partition coefficient (Wildman–Crippen LogP) is 3.03. The van der Waals surface area contributed by atoms with E-state index < -0.39 is 0 Å². The average Bonchev–Trinajstić information content (AvgIpc) is 2.53. The molecular weight excluding hydrogens is 270 g/mol. The number of unbranched alkanes of at least 4 members (excludes halogenated alkanes) is 4. The second-order valence-corrected chi connectivity index (χ2v) is 4.91. The standard InChI is InChI=1S/C16H23NO4/c1-20-14-11-9-13(10-12-14)15(18)7-5-3-2-4-6-8-16(19)21-17/h9-12H,2-8,17H2,1H3. The molecular formula is C16H23NO4. The Hall–Kier alpha value is -1.88. The summed E-state index contributed by atoms with van der Waals surface area (Å²) in [5.41, 5.74) is 0.724. The van der Waals surface area contributed by atoms with Gasteiger partial charge in [-0.15, -0.1) is 0 Å². The summed E-state index contributed by atoms with van der Waals surface area (Å²) >= 11 is 0. The van der Waals surface area contributed by atoms with Crippen molar-refractivity contribution in [2.45, 2.75) is 44.9 Å². The summed E-state index contributed by atoms with van der Waals surface area (Å²) in [6.45, 7) is 0. The lowest BCUT2D eigenvalue weighted by molar-refractivity contribution is -0.144. The zero-order valence-corrected chi connectivity index (χ0v) is 12.5. The van der Waals surface area contributed by atoms with E-state index in [1.54, 1.807) is 31.4 Å². The number of hydrogen-bond donors (Lipinski definition) is 1. The predicted molar refractivity (Wildman–Crippen MR) is 79.9 cm³/mol. The van der Waals surface area contributed by atoms with Gasteiger partial charge in [0, 0.05) is 18.4 Å². The molecule has 0 fully saturated rings. The summed E-state index contributed by atoms with van der Waals surface area (Å²) in [5, 5.41) is 0. The van der Waals surface area contributed by atoms with Crippen LogP contribution in [0, 0.1) is 0 Å². The van der Waals surface area contributed by atoms with E-state index in [1.807, 2.05) is 0 Å². The number of benzene rings is 1. The lowest BCUT2D eigenvalue weighted by Gasteiger charge is -2.03. The molecule has 0 spiro atoms. The zero-order chi connectivity index (χ0) is 15.5. The minimum Gasteiger partial charge on any atom is -0.497 e. The van der Waals surface area contributed by atoms with Gasteiger partial charge in [-0.05, 0) is 37.1 Å². The first-order chi connectivity index (χ1) is 10.2. The van der Waals surface area contributed by atoms with Crippen molar-refractivity contribution in [2.24, 2.45) is 5.90 Å². The topological polar surface area (TPSA) is 78.6 Å². The van der Waals surface area contributed by atoms with E-state index in [2.05, 4.69) is 4.84 Å². The molecule has 2 N–H and O–H groups in total. The van der Waals surface area contributed by atoms with Gasteiger partial charge in [-0.1, -0.05) is 19.3 Å². The third kappa shape index (κ3) is 6.90. The molecule has 0 saturated carbocycles. The van der Waals surface area contributed by atoms with E-state index in [1.165, 1.54) is 0 Å². The van der Waals surface area contributed by atoms with Crippen LogP contribution in [-0.2, 0) is 9.63 Å². The number of ether oxygens (including phenoxy) is 1. The van der Waals surface area contributed by atoms with Crippen molar-refractivity contribution in [1.82, 2.24) is 0 Å². The molecule has 0 saturated heterocycles. The maximum Gasteiger partial charge on any atom is 0.324 e. The van der Waals surface area contributed by atoms with E-state index in [4.69, 9.17) is 10.6 Å². The van der Waals surface area contributed by atoms with Crippen LogP contribution >= 0.6 is 0 Å². The van der Waals surface area contributed by atoms with Crippen LogP contribution in [0.25, 0.3) is 0 Å². The lowest BCUT2D eigenvalue weighted by Crippen LogP contribution is -2.08. The molecule has 5 nitrogen and oxygen atoms in total. The van der Waals surface area contributed by atoms with Crippen molar-refractivity contribution < 1.29 is 19.2 Å². The molecule has 1 aromatic rings. The Kier molecular flexibility index (Phi) is 8.12. The van der Waals surface area contributed by atoms with Gasteiger partial charge in [-0.2, -0.15) is 5.90 Å². The second kappa shape index (κ2) is 9.94. The normalized spacial score (nSPS) is 10.2. The summed E-state index contributed by atoms with van der Waals surface area (Å²) in [6.07, 6.45) is 5.51. The molecule has 0 radical (unpaired) electrons. The number of carbonyl (C=O) groups is 2. The number of Topliss-reactive ketones (excluding diaryl/α,β-unsaturated/α-hetero) is 1. The molecule has 0 atom stereocenters. The number of ketones is 1. The van der Waals surface area contributed by atoms with Gasteiger partial charge < -0.3 is 9.57 Å². The fraction of sp³-hybridized carbons (Fsp3) is 0.500. The van der Waals surface area contributed by atoms with Crippen molar-refractivity contribution in [2.75, 3.05) is 7.11 Å². The van der Waals surface area contributed by atoms with Gasteiger partial charge in [0.25, 0.3) is 0 Å². The molecule has 0 aromatic heterocycles. The highest BCUT2D eigenvalue weighted by Crippen LogP contribution is 2.15. The highest BCUT2D eigenvalue weighted by atomic mass is 16.7.